The monoisotopic (exact) mass is 220 g/mol. The zero-order valence-corrected chi connectivity index (χ0v) is 9.12. The average molecular weight is 220 g/mol. The average Bonchev–Trinajstić information content (AvgIpc) is 2.86. The molecule has 2 rings (SSSR count). The number of carbonyl (C=O) groups excluding carboxylic acids is 1. The Hall–Kier alpha value is -2.11. The summed E-state index contributed by atoms with van der Waals surface area (Å²) in [7, 11) is 1.75. The quantitative estimate of drug-likeness (QED) is 0.717. The van der Waals surface area contributed by atoms with Crippen molar-refractivity contribution in [3.63, 3.8) is 0 Å². The van der Waals surface area contributed by atoms with Gasteiger partial charge in [-0.3, -0.25) is 4.68 Å². The SMILES string of the molecule is CCOC(=O)c1cnn(C)c1-n1cccn1. The van der Waals surface area contributed by atoms with Crippen molar-refractivity contribution in [2.24, 2.45) is 7.05 Å². The van der Waals surface area contributed by atoms with E-state index in [1.54, 1.807) is 41.8 Å². The lowest BCUT2D eigenvalue weighted by atomic mass is 10.3. The Morgan fingerprint density at radius 1 is 1.50 bits per heavy atom. The number of hydrogen-bond acceptors (Lipinski definition) is 4. The van der Waals surface area contributed by atoms with Gasteiger partial charge >= 0.3 is 5.97 Å². The van der Waals surface area contributed by atoms with Crippen LogP contribution < -0.4 is 0 Å². The van der Waals surface area contributed by atoms with Gasteiger partial charge in [-0.15, -0.1) is 0 Å². The number of aromatic nitrogens is 4. The second-order valence-corrected chi connectivity index (χ2v) is 3.18. The number of esters is 1. The van der Waals surface area contributed by atoms with Crippen LogP contribution in [0.25, 0.3) is 5.82 Å². The van der Waals surface area contributed by atoms with E-state index in [0.717, 1.165) is 0 Å². The summed E-state index contributed by atoms with van der Waals surface area (Å²) in [6, 6.07) is 1.78. The van der Waals surface area contributed by atoms with Crippen LogP contribution >= 0.6 is 0 Å². The molecule has 0 aliphatic carbocycles. The summed E-state index contributed by atoms with van der Waals surface area (Å²) < 4.78 is 8.11. The first-order valence-corrected chi connectivity index (χ1v) is 4.93. The lowest BCUT2D eigenvalue weighted by Gasteiger charge is -2.05. The molecule has 0 saturated carbocycles. The van der Waals surface area contributed by atoms with Gasteiger partial charge in [0, 0.05) is 19.4 Å². The van der Waals surface area contributed by atoms with Gasteiger partial charge < -0.3 is 4.74 Å². The zero-order chi connectivity index (χ0) is 11.5. The van der Waals surface area contributed by atoms with Crippen LogP contribution in [0, 0.1) is 0 Å². The van der Waals surface area contributed by atoms with E-state index in [4.69, 9.17) is 4.74 Å². The van der Waals surface area contributed by atoms with Crippen molar-refractivity contribution in [3.05, 3.63) is 30.2 Å². The van der Waals surface area contributed by atoms with Gasteiger partial charge in [-0.05, 0) is 13.0 Å². The van der Waals surface area contributed by atoms with Crippen LogP contribution in [0.5, 0.6) is 0 Å². The van der Waals surface area contributed by atoms with Crippen molar-refractivity contribution in [3.8, 4) is 5.82 Å². The number of hydrogen-bond donors (Lipinski definition) is 0. The summed E-state index contributed by atoms with van der Waals surface area (Å²) in [5, 5.41) is 8.10. The number of carbonyl (C=O) groups is 1. The van der Waals surface area contributed by atoms with E-state index >= 15 is 0 Å². The van der Waals surface area contributed by atoms with Gasteiger partial charge in [-0.1, -0.05) is 0 Å². The molecule has 2 aromatic rings. The molecule has 0 spiro atoms. The minimum atomic E-state index is -0.388. The van der Waals surface area contributed by atoms with Gasteiger partial charge in [-0.2, -0.15) is 10.2 Å². The van der Waals surface area contributed by atoms with Crippen LogP contribution in [-0.4, -0.2) is 32.1 Å². The maximum absolute atomic E-state index is 11.7. The van der Waals surface area contributed by atoms with Gasteiger partial charge in [0.05, 0.1) is 12.8 Å². The normalized spacial score (nSPS) is 10.4. The number of ether oxygens (including phenoxy) is 1. The molecule has 0 atom stereocenters. The molecule has 0 amide bonds. The first-order valence-electron chi connectivity index (χ1n) is 4.93. The van der Waals surface area contributed by atoms with E-state index in [2.05, 4.69) is 10.2 Å². The van der Waals surface area contributed by atoms with Gasteiger partial charge in [0.25, 0.3) is 0 Å². The largest absolute Gasteiger partial charge is 0.462 e. The maximum atomic E-state index is 11.7. The number of nitrogens with zero attached hydrogens (tertiary/aromatic N) is 4. The summed E-state index contributed by atoms with van der Waals surface area (Å²) in [6.07, 6.45) is 4.87. The molecule has 0 N–H and O–H groups in total. The van der Waals surface area contributed by atoms with E-state index in [1.807, 2.05) is 0 Å². The second kappa shape index (κ2) is 4.18. The molecule has 6 nitrogen and oxygen atoms in total. The van der Waals surface area contributed by atoms with Crippen molar-refractivity contribution < 1.29 is 9.53 Å². The molecule has 2 aromatic heterocycles. The molecule has 84 valence electrons. The number of aryl methyl sites for hydroxylation is 1. The van der Waals surface area contributed by atoms with Crippen LogP contribution in [0.4, 0.5) is 0 Å². The molecule has 16 heavy (non-hydrogen) atoms. The fourth-order valence-electron chi connectivity index (χ4n) is 1.45. The highest BCUT2D eigenvalue weighted by atomic mass is 16.5. The van der Waals surface area contributed by atoms with E-state index < -0.39 is 0 Å². The zero-order valence-electron chi connectivity index (χ0n) is 9.12. The van der Waals surface area contributed by atoms with Crippen LogP contribution in [0.3, 0.4) is 0 Å². The summed E-state index contributed by atoms with van der Waals surface area (Å²) >= 11 is 0. The molecule has 0 bridgehead atoms. The Labute approximate surface area is 92.4 Å². The standard InChI is InChI=1S/C10H12N4O2/c1-3-16-10(15)8-7-12-13(2)9(8)14-6-4-5-11-14/h4-7H,3H2,1-2H3. The molecule has 2 heterocycles. The van der Waals surface area contributed by atoms with Gasteiger partial charge in [0.2, 0.25) is 0 Å². The fourth-order valence-corrected chi connectivity index (χ4v) is 1.45. The molecule has 0 unspecified atom stereocenters. The summed E-state index contributed by atoms with van der Waals surface area (Å²) in [5.74, 6) is 0.213. The van der Waals surface area contributed by atoms with Crippen molar-refractivity contribution in [1.29, 1.82) is 0 Å². The highest BCUT2D eigenvalue weighted by Crippen LogP contribution is 2.13. The minimum Gasteiger partial charge on any atom is -0.462 e. The van der Waals surface area contributed by atoms with Gasteiger partial charge in [0.1, 0.15) is 5.56 Å². The molecule has 0 aliphatic heterocycles. The number of rotatable bonds is 3. The molecule has 0 aromatic carbocycles. The Morgan fingerprint density at radius 2 is 2.31 bits per heavy atom. The Morgan fingerprint density at radius 3 is 2.94 bits per heavy atom. The molecule has 0 aliphatic rings. The molecule has 0 radical (unpaired) electrons. The van der Waals surface area contributed by atoms with E-state index in [-0.39, 0.29) is 5.97 Å². The van der Waals surface area contributed by atoms with Crippen molar-refractivity contribution in [2.45, 2.75) is 6.92 Å². The predicted octanol–water partition coefficient (Wildman–Crippen LogP) is 0.782. The van der Waals surface area contributed by atoms with Crippen LogP contribution in [0.15, 0.2) is 24.7 Å². The molecule has 6 heteroatoms. The van der Waals surface area contributed by atoms with Gasteiger partial charge in [-0.25, -0.2) is 9.48 Å². The van der Waals surface area contributed by atoms with E-state index in [1.165, 1.54) is 6.20 Å². The summed E-state index contributed by atoms with van der Waals surface area (Å²) in [6.45, 7) is 2.11. The molecular formula is C10H12N4O2. The van der Waals surface area contributed by atoms with E-state index in [9.17, 15) is 4.79 Å². The molecular weight excluding hydrogens is 208 g/mol. The third-order valence-electron chi connectivity index (χ3n) is 2.12. The van der Waals surface area contributed by atoms with Crippen molar-refractivity contribution in [2.75, 3.05) is 6.61 Å². The minimum absolute atomic E-state index is 0.340. The Balaban J connectivity index is 2.44. The smallest absolute Gasteiger partial charge is 0.343 e. The lowest BCUT2D eigenvalue weighted by molar-refractivity contribution is 0.0526. The van der Waals surface area contributed by atoms with Crippen LogP contribution in [-0.2, 0) is 11.8 Å². The lowest BCUT2D eigenvalue weighted by Crippen LogP contribution is -2.11. The third-order valence-corrected chi connectivity index (χ3v) is 2.12. The Bertz CT molecular complexity index is 487. The highest BCUT2D eigenvalue weighted by molar-refractivity contribution is 5.92. The maximum Gasteiger partial charge on any atom is 0.343 e. The van der Waals surface area contributed by atoms with E-state index in [0.29, 0.717) is 18.0 Å². The fraction of sp³-hybridized carbons (Fsp3) is 0.300. The summed E-state index contributed by atoms with van der Waals surface area (Å²) in [4.78, 5) is 11.7. The van der Waals surface area contributed by atoms with Crippen molar-refractivity contribution >= 4 is 5.97 Å². The Kier molecular flexibility index (Phi) is 2.72. The van der Waals surface area contributed by atoms with Crippen LogP contribution in [0.1, 0.15) is 17.3 Å². The highest BCUT2D eigenvalue weighted by Gasteiger charge is 2.18. The van der Waals surface area contributed by atoms with Gasteiger partial charge in [0.15, 0.2) is 5.82 Å². The van der Waals surface area contributed by atoms with Crippen LogP contribution in [0.2, 0.25) is 0 Å². The summed E-state index contributed by atoms with van der Waals surface area (Å²) in [5.41, 5.74) is 0.410. The van der Waals surface area contributed by atoms with Crippen molar-refractivity contribution in [1.82, 2.24) is 19.6 Å². The topological polar surface area (TPSA) is 61.9 Å². The predicted molar refractivity (Wildman–Crippen MR) is 56.3 cm³/mol. The molecule has 0 saturated heterocycles. The molecule has 0 fully saturated rings. The third kappa shape index (κ3) is 1.69. The second-order valence-electron chi connectivity index (χ2n) is 3.18. The first kappa shape index (κ1) is 10.4. The first-order chi connectivity index (χ1) is 7.74.